The maximum atomic E-state index is 9.71. The van der Waals surface area contributed by atoms with Crippen LogP contribution in [0.25, 0.3) is 0 Å². The zero-order valence-electron chi connectivity index (χ0n) is 11.2. The summed E-state index contributed by atoms with van der Waals surface area (Å²) in [5, 5.41) is 17.5. The van der Waals surface area contributed by atoms with Crippen LogP contribution in [0, 0.1) is 0 Å². The molecule has 0 radical (unpaired) electrons. The van der Waals surface area contributed by atoms with Crippen LogP contribution in [0.3, 0.4) is 0 Å². The van der Waals surface area contributed by atoms with Crippen molar-refractivity contribution >= 4 is 28.0 Å². The quantitative estimate of drug-likeness (QED) is 0.503. The lowest BCUT2D eigenvalue weighted by Crippen LogP contribution is -2.14. The lowest BCUT2D eigenvalue weighted by molar-refractivity contribution is 0.372. The van der Waals surface area contributed by atoms with E-state index in [1.54, 1.807) is 30.5 Å². The van der Waals surface area contributed by atoms with Gasteiger partial charge >= 0.3 is 0 Å². The van der Waals surface area contributed by atoms with Gasteiger partial charge in [-0.3, -0.25) is 4.98 Å². The average Bonchev–Trinajstić information content (AvgIpc) is 2.51. The van der Waals surface area contributed by atoms with E-state index in [0.717, 1.165) is 0 Å². The number of aromatic nitrogens is 1. The summed E-state index contributed by atoms with van der Waals surface area (Å²) < 4.78 is 5.56. The molecule has 7 heteroatoms. The lowest BCUT2D eigenvalue weighted by Gasteiger charge is -2.05. The number of ether oxygens (including phenoxy) is 1. The number of hydrogen-bond donors (Lipinski definition) is 2. The van der Waals surface area contributed by atoms with Crippen LogP contribution in [-0.2, 0) is 0 Å². The summed E-state index contributed by atoms with van der Waals surface area (Å²) in [6.07, 6.45) is 3.13. The third-order valence-electron chi connectivity index (χ3n) is 2.57. The predicted molar refractivity (Wildman–Crippen MR) is 84.9 cm³/mol. The first-order valence-electron chi connectivity index (χ1n) is 5.96. The monoisotopic (exact) mass is 348 g/mol. The summed E-state index contributed by atoms with van der Waals surface area (Å²) in [4.78, 5) is 4.07. The number of nitrogens with zero attached hydrogens (tertiary/aromatic N) is 3. The second kappa shape index (κ2) is 6.85. The van der Waals surface area contributed by atoms with Crippen molar-refractivity contribution in [1.29, 1.82) is 0 Å². The van der Waals surface area contributed by atoms with Crippen molar-refractivity contribution in [3.05, 3.63) is 52.3 Å². The number of methoxy groups -OCH3 is 1. The Bertz CT molecular complexity index is 687. The number of rotatable bonds is 4. The highest BCUT2D eigenvalue weighted by atomic mass is 79.9. The standard InChI is InChI=1S/C14H13BrN4O2/c1-21-12-7-9(6-10(15)13(12)20)8-18-19-14(16)11-4-2-3-5-17-11/h2-8,20H,1H3,(H2,16,19). The Kier molecular flexibility index (Phi) is 4.89. The average molecular weight is 349 g/mol. The first kappa shape index (κ1) is 15.0. The third-order valence-corrected chi connectivity index (χ3v) is 3.17. The Balaban J connectivity index is 2.20. The molecule has 0 unspecified atom stereocenters. The molecule has 1 aromatic carbocycles. The van der Waals surface area contributed by atoms with Crippen LogP contribution >= 0.6 is 15.9 Å². The Morgan fingerprint density at radius 3 is 2.90 bits per heavy atom. The van der Waals surface area contributed by atoms with E-state index in [9.17, 15) is 5.11 Å². The molecule has 0 saturated heterocycles. The molecule has 0 spiro atoms. The van der Waals surface area contributed by atoms with Crippen molar-refractivity contribution in [2.24, 2.45) is 15.9 Å². The summed E-state index contributed by atoms with van der Waals surface area (Å²) in [6, 6.07) is 8.68. The van der Waals surface area contributed by atoms with Gasteiger partial charge in [-0.1, -0.05) is 6.07 Å². The predicted octanol–water partition coefficient (Wildman–Crippen LogP) is 2.30. The van der Waals surface area contributed by atoms with E-state index in [1.807, 2.05) is 6.07 Å². The molecule has 0 fully saturated rings. The molecule has 0 aliphatic rings. The fraction of sp³-hybridized carbons (Fsp3) is 0.0714. The smallest absolute Gasteiger partial charge is 0.172 e. The molecule has 0 aliphatic carbocycles. The molecule has 108 valence electrons. The second-order valence-electron chi connectivity index (χ2n) is 4.00. The minimum Gasteiger partial charge on any atom is -0.503 e. The highest BCUT2D eigenvalue weighted by Gasteiger charge is 2.07. The van der Waals surface area contributed by atoms with Crippen LogP contribution in [0.4, 0.5) is 0 Å². The topological polar surface area (TPSA) is 93.1 Å². The number of amidine groups is 1. The number of phenols is 1. The van der Waals surface area contributed by atoms with E-state index in [0.29, 0.717) is 21.5 Å². The Morgan fingerprint density at radius 1 is 1.43 bits per heavy atom. The summed E-state index contributed by atoms with van der Waals surface area (Å²) in [6.45, 7) is 0. The Hall–Kier alpha value is -2.41. The van der Waals surface area contributed by atoms with E-state index < -0.39 is 0 Å². The molecular weight excluding hydrogens is 336 g/mol. The highest BCUT2D eigenvalue weighted by molar-refractivity contribution is 9.10. The number of benzene rings is 1. The van der Waals surface area contributed by atoms with Gasteiger partial charge in [0, 0.05) is 6.20 Å². The van der Waals surface area contributed by atoms with Crippen LogP contribution in [0.1, 0.15) is 11.3 Å². The number of pyridine rings is 1. The minimum absolute atomic E-state index is 0.0335. The van der Waals surface area contributed by atoms with Gasteiger partial charge in [0.25, 0.3) is 0 Å². The van der Waals surface area contributed by atoms with E-state index in [1.165, 1.54) is 13.3 Å². The SMILES string of the molecule is COc1cc(C=NN=C(N)c2ccccn2)cc(Br)c1O. The number of aromatic hydroxyl groups is 1. The van der Waals surface area contributed by atoms with E-state index in [-0.39, 0.29) is 11.6 Å². The third kappa shape index (κ3) is 3.79. The van der Waals surface area contributed by atoms with Crippen molar-refractivity contribution in [3.8, 4) is 11.5 Å². The highest BCUT2D eigenvalue weighted by Crippen LogP contribution is 2.34. The normalized spacial score (nSPS) is 11.8. The van der Waals surface area contributed by atoms with Crippen LogP contribution in [0.15, 0.2) is 51.2 Å². The molecule has 6 nitrogen and oxygen atoms in total. The summed E-state index contributed by atoms with van der Waals surface area (Å²) >= 11 is 3.23. The van der Waals surface area contributed by atoms with Crippen molar-refractivity contribution in [1.82, 2.24) is 4.98 Å². The first-order valence-corrected chi connectivity index (χ1v) is 6.75. The molecule has 0 amide bonds. The Labute approximate surface area is 130 Å². The fourth-order valence-corrected chi connectivity index (χ4v) is 2.01. The van der Waals surface area contributed by atoms with Crippen LogP contribution in [-0.4, -0.2) is 29.3 Å². The maximum Gasteiger partial charge on any atom is 0.172 e. The lowest BCUT2D eigenvalue weighted by atomic mass is 10.2. The maximum absolute atomic E-state index is 9.71. The van der Waals surface area contributed by atoms with Crippen LogP contribution < -0.4 is 10.5 Å². The molecule has 2 rings (SSSR count). The molecule has 0 bridgehead atoms. The van der Waals surface area contributed by atoms with Gasteiger partial charge in [-0.2, -0.15) is 5.10 Å². The summed E-state index contributed by atoms with van der Waals surface area (Å²) in [7, 11) is 1.47. The first-order chi connectivity index (χ1) is 10.1. The molecule has 0 aliphatic heterocycles. The van der Waals surface area contributed by atoms with Gasteiger partial charge in [-0.25, -0.2) is 0 Å². The van der Waals surface area contributed by atoms with E-state index >= 15 is 0 Å². The number of halogens is 1. The van der Waals surface area contributed by atoms with Crippen LogP contribution in [0.2, 0.25) is 0 Å². The minimum atomic E-state index is 0.0335. The van der Waals surface area contributed by atoms with Crippen molar-refractivity contribution in [2.45, 2.75) is 0 Å². The molecule has 0 atom stereocenters. The molecule has 0 saturated carbocycles. The van der Waals surface area contributed by atoms with E-state index in [4.69, 9.17) is 10.5 Å². The van der Waals surface area contributed by atoms with Gasteiger partial charge in [0.1, 0.15) is 5.69 Å². The number of nitrogens with two attached hydrogens (primary N) is 1. The van der Waals surface area contributed by atoms with Gasteiger partial charge in [0.05, 0.1) is 17.8 Å². The van der Waals surface area contributed by atoms with Gasteiger partial charge in [-0.15, -0.1) is 5.10 Å². The van der Waals surface area contributed by atoms with Crippen LogP contribution in [0.5, 0.6) is 11.5 Å². The summed E-state index contributed by atoms with van der Waals surface area (Å²) in [5.74, 6) is 0.593. The number of hydrogen-bond acceptors (Lipinski definition) is 5. The zero-order chi connectivity index (χ0) is 15.2. The second-order valence-corrected chi connectivity index (χ2v) is 4.85. The molecule has 1 aromatic heterocycles. The summed E-state index contributed by atoms with van der Waals surface area (Å²) in [5.41, 5.74) is 7.03. The largest absolute Gasteiger partial charge is 0.503 e. The van der Waals surface area contributed by atoms with Gasteiger partial charge in [-0.05, 0) is 45.8 Å². The van der Waals surface area contributed by atoms with Gasteiger partial charge < -0.3 is 15.6 Å². The molecule has 3 N–H and O–H groups in total. The molecule has 2 aromatic rings. The van der Waals surface area contributed by atoms with Gasteiger partial charge in [0.2, 0.25) is 0 Å². The fourth-order valence-electron chi connectivity index (χ4n) is 1.55. The van der Waals surface area contributed by atoms with Crippen molar-refractivity contribution in [3.63, 3.8) is 0 Å². The molecular formula is C14H13BrN4O2. The molecule has 1 heterocycles. The van der Waals surface area contributed by atoms with Crippen molar-refractivity contribution in [2.75, 3.05) is 7.11 Å². The van der Waals surface area contributed by atoms with E-state index in [2.05, 4.69) is 31.1 Å². The van der Waals surface area contributed by atoms with Crippen molar-refractivity contribution < 1.29 is 9.84 Å². The van der Waals surface area contributed by atoms with Gasteiger partial charge in [0.15, 0.2) is 17.3 Å². The number of phenolic OH excluding ortho intramolecular Hbond substituents is 1. The molecule has 21 heavy (non-hydrogen) atoms. The Morgan fingerprint density at radius 2 is 2.24 bits per heavy atom. The zero-order valence-corrected chi connectivity index (χ0v) is 12.8.